The highest BCUT2D eigenvalue weighted by Crippen LogP contribution is 2.31. The van der Waals surface area contributed by atoms with Gasteiger partial charge in [0.2, 0.25) is 0 Å². The van der Waals surface area contributed by atoms with Crippen molar-refractivity contribution in [2.45, 2.75) is 6.61 Å². The van der Waals surface area contributed by atoms with Crippen molar-refractivity contribution >= 4 is 28.8 Å². The summed E-state index contributed by atoms with van der Waals surface area (Å²) in [5, 5.41) is 6.53. The molecule has 1 aliphatic rings. The summed E-state index contributed by atoms with van der Waals surface area (Å²) in [6, 6.07) is 16.9. The molecule has 1 aliphatic heterocycles. The van der Waals surface area contributed by atoms with Crippen LogP contribution in [-0.2, 0) is 11.4 Å². The third-order valence-electron chi connectivity index (χ3n) is 4.25. The summed E-state index contributed by atoms with van der Waals surface area (Å²) < 4.78 is 19.0. The third kappa shape index (κ3) is 3.50. The van der Waals surface area contributed by atoms with Crippen molar-refractivity contribution in [2.24, 2.45) is 0 Å². The van der Waals surface area contributed by atoms with E-state index in [9.17, 15) is 14.0 Å². The van der Waals surface area contributed by atoms with Gasteiger partial charge in [-0.1, -0.05) is 42.5 Å². The summed E-state index contributed by atoms with van der Waals surface area (Å²) in [7, 11) is 0. The smallest absolute Gasteiger partial charge is 0.326 e. The van der Waals surface area contributed by atoms with Gasteiger partial charge in [0, 0.05) is 5.56 Å². The van der Waals surface area contributed by atoms with E-state index in [0.717, 1.165) is 16.3 Å². The number of rotatable bonds is 4. The van der Waals surface area contributed by atoms with Gasteiger partial charge in [0.15, 0.2) is 0 Å². The molecule has 0 saturated carbocycles. The summed E-state index contributed by atoms with van der Waals surface area (Å²) >= 11 is 0. The number of amides is 3. The van der Waals surface area contributed by atoms with Gasteiger partial charge in [0.05, 0.1) is 0 Å². The zero-order valence-corrected chi connectivity index (χ0v) is 14.2. The standard InChI is InChI=1S/C21H15FN2O3/c22-15-8-5-13(6-9-15)12-27-19-10-7-14-3-1-2-4-16(14)17(19)11-18-20(25)24-21(26)23-18/h1-11H,12H2,(H2,23,24,25,26)/b18-11+. The van der Waals surface area contributed by atoms with Crippen LogP contribution in [0.4, 0.5) is 9.18 Å². The fourth-order valence-electron chi connectivity index (χ4n) is 2.92. The molecule has 2 N–H and O–H groups in total. The van der Waals surface area contributed by atoms with Gasteiger partial charge in [0.25, 0.3) is 5.91 Å². The summed E-state index contributed by atoms with van der Waals surface area (Å²) in [6.07, 6.45) is 1.60. The van der Waals surface area contributed by atoms with Crippen LogP contribution in [0.1, 0.15) is 11.1 Å². The molecule has 0 aromatic heterocycles. The molecule has 4 rings (SSSR count). The van der Waals surface area contributed by atoms with Crippen LogP contribution in [0.15, 0.2) is 66.4 Å². The Hall–Kier alpha value is -3.67. The molecule has 1 fully saturated rings. The van der Waals surface area contributed by atoms with Crippen LogP contribution < -0.4 is 15.4 Å². The van der Waals surface area contributed by atoms with Crippen molar-refractivity contribution in [3.05, 3.63) is 83.3 Å². The number of urea groups is 1. The number of benzene rings is 3. The summed E-state index contributed by atoms with van der Waals surface area (Å²) in [5.74, 6) is -0.241. The van der Waals surface area contributed by atoms with E-state index < -0.39 is 11.9 Å². The lowest BCUT2D eigenvalue weighted by Gasteiger charge is -2.13. The Balaban J connectivity index is 1.73. The van der Waals surface area contributed by atoms with E-state index in [1.165, 1.54) is 12.1 Å². The second kappa shape index (κ2) is 6.92. The van der Waals surface area contributed by atoms with Crippen molar-refractivity contribution in [1.82, 2.24) is 10.6 Å². The molecule has 0 spiro atoms. The van der Waals surface area contributed by atoms with Gasteiger partial charge in [-0.05, 0) is 40.6 Å². The van der Waals surface area contributed by atoms with Crippen molar-refractivity contribution in [3.63, 3.8) is 0 Å². The SMILES string of the molecule is O=C1NC(=O)/C(=C\c2c(OCc3ccc(F)cc3)ccc3ccccc23)N1. The molecule has 0 unspecified atom stereocenters. The maximum atomic E-state index is 13.1. The lowest BCUT2D eigenvalue weighted by Crippen LogP contribution is -2.22. The number of fused-ring (bicyclic) bond motifs is 1. The quantitative estimate of drug-likeness (QED) is 0.549. The number of hydrogen-bond donors (Lipinski definition) is 2. The highest BCUT2D eigenvalue weighted by molar-refractivity contribution is 6.14. The van der Waals surface area contributed by atoms with E-state index in [2.05, 4.69) is 10.6 Å². The summed E-state index contributed by atoms with van der Waals surface area (Å²) in [6.45, 7) is 0.243. The van der Waals surface area contributed by atoms with E-state index >= 15 is 0 Å². The van der Waals surface area contributed by atoms with Gasteiger partial charge >= 0.3 is 6.03 Å². The van der Waals surface area contributed by atoms with Gasteiger partial charge in [-0.25, -0.2) is 9.18 Å². The van der Waals surface area contributed by atoms with Crippen LogP contribution in [0.3, 0.4) is 0 Å². The fraction of sp³-hybridized carbons (Fsp3) is 0.0476. The first-order chi connectivity index (χ1) is 13.1. The Morgan fingerprint density at radius 3 is 2.44 bits per heavy atom. The maximum absolute atomic E-state index is 13.1. The number of halogens is 1. The highest BCUT2D eigenvalue weighted by atomic mass is 19.1. The lowest BCUT2D eigenvalue weighted by atomic mass is 10.0. The first kappa shape index (κ1) is 16.8. The Kier molecular flexibility index (Phi) is 4.30. The topological polar surface area (TPSA) is 67.4 Å². The van der Waals surface area contributed by atoms with Crippen molar-refractivity contribution in [2.75, 3.05) is 0 Å². The van der Waals surface area contributed by atoms with Crippen LogP contribution in [-0.4, -0.2) is 11.9 Å². The Morgan fingerprint density at radius 1 is 0.926 bits per heavy atom. The van der Waals surface area contributed by atoms with Gasteiger partial charge < -0.3 is 10.1 Å². The minimum Gasteiger partial charge on any atom is -0.488 e. The molecule has 6 heteroatoms. The van der Waals surface area contributed by atoms with Gasteiger partial charge in [-0.3, -0.25) is 10.1 Å². The van der Waals surface area contributed by atoms with Crippen LogP contribution in [0, 0.1) is 5.82 Å². The second-order valence-corrected chi connectivity index (χ2v) is 6.08. The highest BCUT2D eigenvalue weighted by Gasteiger charge is 2.23. The van der Waals surface area contributed by atoms with Gasteiger partial charge in [0.1, 0.15) is 23.9 Å². The molecule has 3 amide bonds. The molecule has 0 atom stereocenters. The first-order valence-electron chi connectivity index (χ1n) is 8.33. The normalized spacial score (nSPS) is 15.1. The van der Waals surface area contributed by atoms with Gasteiger partial charge in [-0.2, -0.15) is 0 Å². The number of imide groups is 1. The Morgan fingerprint density at radius 2 is 1.70 bits per heavy atom. The Bertz CT molecular complexity index is 1070. The van der Waals surface area contributed by atoms with Crippen LogP contribution in [0.5, 0.6) is 5.75 Å². The second-order valence-electron chi connectivity index (χ2n) is 6.08. The molecule has 0 aliphatic carbocycles. The third-order valence-corrected chi connectivity index (χ3v) is 4.25. The zero-order chi connectivity index (χ0) is 18.8. The van der Waals surface area contributed by atoms with E-state index in [0.29, 0.717) is 11.3 Å². The zero-order valence-electron chi connectivity index (χ0n) is 14.2. The Labute approximate surface area is 154 Å². The number of ether oxygens (including phenoxy) is 1. The van der Waals surface area contributed by atoms with Crippen LogP contribution in [0.25, 0.3) is 16.8 Å². The number of carbonyl (C=O) groups excluding carboxylic acids is 2. The van der Waals surface area contributed by atoms with Crippen LogP contribution >= 0.6 is 0 Å². The van der Waals surface area contributed by atoms with Gasteiger partial charge in [-0.15, -0.1) is 0 Å². The van der Waals surface area contributed by atoms with E-state index in [-0.39, 0.29) is 18.1 Å². The number of hydrogen-bond acceptors (Lipinski definition) is 3. The van der Waals surface area contributed by atoms with Crippen LogP contribution in [0.2, 0.25) is 0 Å². The molecule has 1 heterocycles. The minimum atomic E-state index is -0.555. The van der Waals surface area contributed by atoms with E-state index in [1.807, 2.05) is 36.4 Å². The van der Waals surface area contributed by atoms with E-state index in [4.69, 9.17) is 4.74 Å². The molecule has 1 saturated heterocycles. The molecule has 5 nitrogen and oxygen atoms in total. The number of carbonyl (C=O) groups is 2. The molecule has 3 aromatic carbocycles. The largest absolute Gasteiger partial charge is 0.488 e. The minimum absolute atomic E-state index is 0.156. The predicted molar refractivity (Wildman–Crippen MR) is 99.3 cm³/mol. The van der Waals surface area contributed by atoms with Crippen molar-refractivity contribution < 1.29 is 18.7 Å². The first-order valence-corrected chi connectivity index (χ1v) is 8.33. The molecule has 134 valence electrons. The maximum Gasteiger partial charge on any atom is 0.326 e. The molecule has 0 bridgehead atoms. The molecular formula is C21H15FN2O3. The van der Waals surface area contributed by atoms with E-state index in [1.54, 1.807) is 18.2 Å². The fourth-order valence-corrected chi connectivity index (χ4v) is 2.92. The average Bonchev–Trinajstić information content (AvgIpc) is 2.99. The van der Waals surface area contributed by atoms with Crippen molar-refractivity contribution in [1.29, 1.82) is 0 Å². The predicted octanol–water partition coefficient (Wildman–Crippen LogP) is 3.74. The molecule has 3 aromatic rings. The monoisotopic (exact) mass is 362 g/mol. The average molecular weight is 362 g/mol. The summed E-state index contributed by atoms with van der Waals surface area (Å²) in [4.78, 5) is 23.3. The number of nitrogens with one attached hydrogen (secondary N) is 2. The molecule has 27 heavy (non-hydrogen) atoms. The van der Waals surface area contributed by atoms with Crippen molar-refractivity contribution in [3.8, 4) is 5.75 Å². The molecular weight excluding hydrogens is 347 g/mol. The summed E-state index contributed by atoms with van der Waals surface area (Å²) in [5.41, 5.74) is 1.65. The molecule has 0 radical (unpaired) electrons. The lowest BCUT2D eigenvalue weighted by molar-refractivity contribution is -0.115.